The molecule has 0 atom stereocenters. The van der Waals surface area contributed by atoms with Crippen molar-refractivity contribution in [1.29, 1.82) is 0 Å². The van der Waals surface area contributed by atoms with Crippen LogP contribution in [0, 0.1) is 6.92 Å². The van der Waals surface area contributed by atoms with Crippen LogP contribution in [0.4, 0.5) is 16.3 Å². The third kappa shape index (κ3) is 5.01. The van der Waals surface area contributed by atoms with Crippen molar-refractivity contribution >= 4 is 17.5 Å². The highest BCUT2D eigenvalue weighted by atomic mass is 16.2. The zero-order chi connectivity index (χ0) is 22.7. The number of anilines is 2. The molecule has 0 bridgehead atoms. The number of aromatic nitrogens is 3. The molecule has 1 saturated carbocycles. The number of carbonyl (C=O) groups is 1. The molecule has 3 aromatic rings. The lowest BCUT2D eigenvalue weighted by atomic mass is 9.92. The van der Waals surface area contributed by atoms with Crippen molar-refractivity contribution in [3.8, 4) is 11.1 Å². The summed E-state index contributed by atoms with van der Waals surface area (Å²) in [5.74, 6) is 0.769. The second-order valence-electron chi connectivity index (χ2n) is 9.75. The van der Waals surface area contributed by atoms with Gasteiger partial charge >= 0.3 is 6.03 Å². The summed E-state index contributed by atoms with van der Waals surface area (Å²) in [6, 6.07) is 12.1. The van der Waals surface area contributed by atoms with E-state index in [2.05, 4.69) is 42.5 Å². The fourth-order valence-corrected chi connectivity index (χ4v) is 4.26. The summed E-state index contributed by atoms with van der Waals surface area (Å²) in [5.41, 5.74) is 4.92. The zero-order valence-corrected chi connectivity index (χ0v) is 19.5. The first-order valence-electron chi connectivity index (χ1n) is 11.5. The number of aryl methyl sites for hydroxylation is 1. The Morgan fingerprint density at radius 1 is 0.969 bits per heavy atom. The van der Waals surface area contributed by atoms with Gasteiger partial charge in [0.2, 0.25) is 0 Å². The minimum atomic E-state index is -0.248. The minimum absolute atomic E-state index is 0.0772. The minimum Gasteiger partial charge on any atom is -0.307 e. The Bertz CT molecular complexity index is 1080. The molecule has 4 rings (SSSR count). The monoisotopic (exact) mass is 431 g/mol. The van der Waals surface area contributed by atoms with Crippen LogP contribution < -0.4 is 10.6 Å². The number of hydrogen-bond acceptors (Lipinski definition) is 3. The number of rotatable bonds is 4. The topological polar surface area (TPSA) is 71.8 Å². The highest BCUT2D eigenvalue weighted by Crippen LogP contribution is 2.33. The normalized spacial score (nSPS) is 14.9. The molecule has 0 saturated heterocycles. The molecule has 32 heavy (non-hydrogen) atoms. The van der Waals surface area contributed by atoms with Gasteiger partial charge in [-0.2, -0.15) is 5.10 Å². The molecular weight excluding hydrogens is 398 g/mol. The van der Waals surface area contributed by atoms with Gasteiger partial charge in [-0.1, -0.05) is 46.1 Å². The van der Waals surface area contributed by atoms with E-state index in [9.17, 15) is 4.79 Å². The summed E-state index contributed by atoms with van der Waals surface area (Å²) in [7, 11) is 0. The van der Waals surface area contributed by atoms with Crippen molar-refractivity contribution in [1.82, 2.24) is 14.8 Å². The maximum Gasteiger partial charge on any atom is 0.324 e. The molecule has 1 fully saturated rings. The molecule has 6 heteroatoms. The van der Waals surface area contributed by atoms with Crippen molar-refractivity contribution in [2.24, 2.45) is 0 Å². The van der Waals surface area contributed by atoms with Gasteiger partial charge in [0, 0.05) is 29.6 Å². The summed E-state index contributed by atoms with van der Waals surface area (Å²) in [5, 5.41) is 11.0. The van der Waals surface area contributed by atoms with Crippen LogP contribution in [0.3, 0.4) is 0 Å². The summed E-state index contributed by atoms with van der Waals surface area (Å²) in [6.07, 6.45) is 9.49. The van der Waals surface area contributed by atoms with E-state index in [4.69, 9.17) is 5.10 Å². The van der Waals surface area contributed by atoms with Gasteiger partial charge in [0.1, 0.15) is 5.82 Å². The van der Waals surface area contributed by atoms with Crippen molar-refractivity contribution in [3.63, 3.8) is 0 Å². The Morgan fingerprint density at radius 3 is 2.34 bits per heavy atom. The molecule has 1 aliphatic rings. The average molecular weight is 432 g/mol. The first-order chi connectivity index (χ1) is 15.3. The van der Waals surface area contributed by atoms with E-state index < -0.39 is 0 Å². The van der Waals surface area contributed by atoms with E-state index in [1.807, 2.05) is 41.9 Å². The van der Waals surface area contributed by atoms with Crippen molar-refractivity contribution in [2.75, 3.05) is 10.6 Å². The van der Waals surface area contributed by atoms with E-state index in [1.165, 1.54) is 19.3 Å². The van der Waals surface area contributed by atoms with Crippen molar-refractivity contribution in [2.45, 2.75) is 71.3 Å². The third-order valence-electron chi connectivity index (χ3n) is 6.15. The molecule has 0 unspecified atom stereocenters. The fourth-order valence-electron chi connectivity index (χ4n) is 4.26. The molecule has 2 N–H and O–H groups in total. The Morgan fingerprint density at radius 2 is 1.69 bits per heavy atom. The second-order valence-corrected chi connectivity index (χ2v) is 9.75. The summed E-state index contributed by atoms with van der Waals surface area (Å²) in [6.45, 7) is 8.46. The highest BCUT2D eigenvalue weighted by Gasteiger charge is 2.25. The van der Waals surface area contributed by atoms with Crippen LogP contribution in [0.1, 0.15) is 70.2 Å². The van der Waals surface area contributed by atoms with Gasteiger partial charge in [0.05, 0.1) is 11.7 Å². The fraction of sp³-hybridized carbons (Fsp3) is 0.423. The second kappa shape index (κ2) is 9.15. The Hall–Kier alpha value is -3.15. The van der Waals surface area contributed by atoms with E-state index in [-0.39, 0.29) is 11.4 Å². The molecule has 6 nitrogen and oxygen atoms in total. The van der Waals surface area contributed by atoms with Gasteiger partial charge in [0.15, 0.2) is 0 Å². The van der Waals surface area contributed by atoms with Crippen LogP contribution in [-0.2, 0) is 5.41 Å². The van der Waals surface area contributed by atoms with Gasteiger partial charge in [-0.25, -0.2) is 9.48 Å². The molecule has 1 aliphatic carbocycles. The Kier molecular flexibility index (Phi) is 6.31. The van der Waals surface area contributed by atoms with Crippen molar-refractivity contribution < 1.29 is 4.79 Å². The number of nitrogens with zero attached hydrogens (tertiary/aromatic N) is 3. The molecule has 168 valence electrons. The number of urea groups is 1. The summed E-state index contributed by atoms with van der Waals surface area (Å²) < 4.78 is 2.04. The van der Waals surface area contributed by atoms with E-state index in [0.717, 1.165) is 46.7 Å². The first-order valence-corrected chi connectivity index (χ1v) is 11.5. The van der Waals surface area contributed by atoms with Gasteiger partial charge in [-0.05, 0) is 60.7 Å². The molecule has 0 spiro atoms. The molecule has 0 aliphatic heterocycles. The molecule has 2 aromatic heterocycles. The van der Waals surface area contributed by atoms with E-state index >= 15 is 0 Å². The maximum atomic E-state index is 12.9. The van der Waals surface area contributed by atoms with Crippen LogP contribution in [0.15, 0.2) is 48.8 Å². The number of carbonyl (C=O) groups excluding carboxylic acids is 1. The highest BCUT2D eigenvalue weighted by molar-refractivity contribution is 6.00. The molecule has 0 radical (unpaired) electrons. The first kappa shape index (κ1) is 22.1. The smallest absolute Gasteiger partial charge is 0.307 e. The lowest BCUT2D eigenvalue weighted by Crippen LogP contribution is -2.24. The Labute approximate surface area is 190 Å². The quantitative estimate of drug-likeness (QED) is 0.483. The number of amides is 2. The maximum absolute atomic E-state index is 12.9. The standard InChI is InChI=1S/C26H33N5O/c1-18-16-20(19-12-14-27-15-13-19)10-11-22(18)28-25(32)29-24-17-23(26(2,3)4)30-31(24)21-8-6-5-7-9-21/h10-17,21H,5-9H2,1-4H3,(H2,28,29,32). The number of nitrogens with one attached hydrogen (secondary N) is 2. The predicted molar refractivity (Wildman–Crippen MR) is 130 cm³/mol. The molecular formula is C26H33N5O. The number of benzene rings is 1. The van der Waals surface area contributed by atoms with Crippen LogP contribution in [0.25, 0.3) is 11.1 Å². The predicted octanol–water partition coefficient (Wildman–Crippen LogP) is 6.70. The average Bonchev–Trinajstić information content (AvgIpc) is 3.20. The molecule has 2 amide bonds. The van der Waals surface area contributed by atoms with E-state index in [1.54, 1.807) is 12.4 Å². The Balaban J connectivity index is 1.52. The van der Waals surface area contributed by atoms with Crippen LogP contribution in [0.5, 0.6) is 0 Å². The lowest BCUT2D eigenvalue weighted by Gasteiger charge is -2.24. The van der Waals surface area contributed by atoms with Gasteiger partial charge < -0.3 is 5.32 Å². The van der Waals surface area contributed by atoms with Gasteiger partial charge in [-0.3, -0.25) is 10.3 Å². The lowest BCUT2D eigenvalue weighted by molar-refractivity contribution is 0.261. The number of hydrogen-bond donors (Lipinski definition) is 2. The SMILES string of the molecule is Cc1cc(-c2ccncc2)ccc1NC(=O)Nc1cc(C(C)(C)C)nn1C1CCCCC1. The number of pyridine rings is 1. The van der Waals surface area contributed by atoms with Crippen LogP contribution >= 0.6 is 0 Å². The van der Waals surface area contributed by atoms with Gasteiger partial charge in [0.25, 0.3) is 0 Å². The zero-order valence-electron chi connectivity index (χ0n) is 19.5. The third-order valence-corrected chi connectivity index (χ3v) is 6.15. The molecule has 1 aromatic carbocycles. The van der Waals surface area contributed by atoms with Crippen molar-refractivity contribution in [3.05, 3.63) is 60.0 Å². The largest absolute Gasteiger partial charge is 0.324 e. The van der Waals surface area contributed by atoms with Gasteiger partial charge in [-0.15, -0.1) is 0 Å². The van der Waals surface area contributed by atoms with E-state index in [0.29, 0.717) is 6.04 Å². The summed E-state index contributed by atoms with van der Waals surface area (Å²) >= 11 is 0. The van der Waals surface area contributed by atoms with Crippen LogP contribution in [0.2, 0.25) is 0 Å². The summed E-state index contributed by atoms with van der Waals surface area (Å²) in [4.78, 5) is 17.0. The molecule has 2 heterocycles. The van der Waals surface area contributed by atoms with Crippen LogP contribution in [-0.4, -0.2) is 20.8 Å².